The van der Waals surface area contributed by atoms with Gasteiger partial charge in [-0.3, -0.25) is 0 Å². The van der Waals surface area contributed by atoms with Crippen LogP contribution in [-0.4, -0.2) is 10.2 Å². The lowest BCUT2D eigenvalue weighted by molar-refractivity contribution is 0.477. The van der Waals surface area contributed by atoms with Gasteiger partial charge in [0.1, 0.15) is 11.5 Å². The molecule has 198 valence electrons. The van der Waals surface area contributed by atoms with Gasteiger partial charge in [-0.1, -0.05) is 121 Å². The van der Waals surface area contributed by atoms with Crippen LogP contribution in [0.3, 0.4) is 0 Å². The summed E-state index contributed by atoms with van der Waals surface area (Å²) in [5.74, 6) is 0.156. The molecule has 0 unspecified atom stereocenters. The van der Waals surface area contributed by atoms with Crippen molar-refractivity contribution in [3.8, 4) is 44.9 Å². The van der Waals surface area contributed by atoms with E-state index in [1.807, 2.05) is 12.1 Å². The molecule has 4 nitrogen and oxygen atoms in total. The maximum atomic E-state index is 10.2. The number of nitrogen functional groups attached to an aromatic ring is 2. The topological polar surface area (TPSA) is 92.5 Å². The second-order valence-corrected chi connectivity index (χ2v) is 10.5. The minimum absolute atomic E-state index is 0.0779. The Morgan fingerprint density at radius 1 is 0.390 bits per heavy atom. The summed E-state index contributed by atoms with van der Waals surface area (Å²) < 4.78 is 0. The van der Waals surface area contributed by atoms with Crippen LogP contribution in [0.15, 0.2) is 133 Å². The molecule has 7 rings (SSSR count). The lowest BCUT2D eigenvalue weighted by Crippen LogP contribution is -2.28. The first kappa shape index (κ1) is 24.6. The molecular weight excluding hydrogens is 504 g/mol. The minimum Gasteiger partial charge on any atom is -0.506 e. The Morgan fingerprint density at radius 3 is 1.17 bits per heavy atom. The first-order valence-corrected chi connectivity index (χ1v) is 13.6. The third-order valence-electron chi connectivity index (χ3n) is 8.38. The Labute approximate surface area is 238 Å². The molecule has 4 heteroatoms. The average Bonchev–Trinajstić information content (AvgIpc) is 3.31. The Bertz CT molecular complexity index is 1780. The van der Waals surface area contributed by atoms with Crippen molar-refractivity contribution in [2.75, 3.05) is 11.5 Å². The van der Waals surface area contributed by atoms with Crippen LogP contribution >= 0.6 is 0 Å². The molecular formula is C37H28N2O2. The number of nitrogens with two attached hydrogens (primary N) is 2. The molecule has 41 heavy (non-hydrogen) atoms. The number of phenolic OH excluding ortho intramolecular Hbond substituents is 2. The molecule has 0 fully saturated rings. The third kappa shape index (κ3) is 3.61. The van der Waals surface area contributed by atoms with Crippen LogP contribution in [0, 0.1) is 0 Å². The summed E-state index contributed by atoms with van der Waals surface area (Å²) in [5, 5.41) is 20.4. The quantitative estimate of drug-likeness (QED) is 0.137. The van der Waals surface area contributed by atoms with Gasteiger partial charge in [0.2, 0.25) is 0 Å². The van der Waals surface area contributed by atoms with Crippen molar-refractivity contribution in [2.45, 2.75) is 5.41 Å². The Morgan fingerprint density at radius 2 is 0.756 bits per heavy atom. The number of para-hydroxylation sites is 2. The van der Waals surface area contributed by atoms with Gasteiger partial charge in [-0.2, -0.15) is 0 Å². The van der Waals surface area contributed by atoms with E-state index in [1.165, 1.54) is 22.3 Å². The van der Waals surface area contributed by atoms with E-state index in [4.69, 9.17) is 11.5 Å². The number of anilines is 2. The Kier molecular flexibility index (Phi) is 5.58. The van der Waals surface area contributed by atoms with Crippen molar-refractivity contribution in [1.29, 1.82) is 0 Å². The van der Waals surface area contributed by atoms with Gasteiger partial charge in [0.05, 0.1) is 16.8 Å². The summed E-state index contributed by atoms with van der Waals surface area (Å²) in [5.41, 5.74) is 23.2. The molecule has 0 aromatic heterocycles. The van der Waals surface area contributed by atoms with Crippen LogP contribution in [0.2, 0.25) is 0 Å². The number of phenols is 2. The molecule has 0 atom stereocenters. The summed E-state index contributed by atoms with van der Waals surface area (Å²) in [6, 6.07) is 44.8. The molecule has 0 aliphatic heterocycles. The van der Waals surface area contributed by atoms with Gasteiger partial charge < -0.3 is 21.7 Å². The van der Waals surface area contributed by atoms with E-state index in [0.717, 1.165) is 33.4 Å². The fourth-order valence-electron chi connectivity index (χ4n) is 6.43. The van der Waals surface area contributed by atoms with Crippen LogP contribution in [0.1, 0.15) is 22.3 Å². The normalized spacial score (nSPS) is 13.0. The van der Waals surface area contributed by atoms with E-state index in [2.05, 4.69) is 97.1 Å². The SMILES string of the molecule is Nc1c(O)cccc1-c1ccc(C2(c3ccc(-c4cccc(O)c4N)cc3)c3ccccc3-c3ccccc32)cc1. The number of rotatable bonds is 4. The van der Waals surface area contributed by atoms with Gasteiger partial charge in [0.15, 0.2) is 0 Å². The molecule has 1 aliphatic rings. The van der Waals surface area contributed by atoms with Crippen LogP contribution in [-0.2, 0) is 5.41 Å². The molecule has 6 aromatic rings. The van der Waals surface area contributed by atoms with Gasteiger partial charge in [-0.15, -0.1) is 0 Å². The zero-order valence-electron chi connectivity index (χ0n) is 22.3. The first-order chi connectivity index (χ1) is 20.0. The predicted octanol–water partition coefficient (Wildman–Crippen LogP) is 7.96. The molecule has 0 radical (unpaired) electrons. The van der Waals surface area contributed by atoms with Crippen LogP contribution in [0.25, 0.3) is 33.4 Å². The monoisotopic (exact) mass is 532 g/mol. The van der Waals surface area contributed by atoms with E-state index in [9.17, 15) is 10.2 Å². The molecule has 0 saturated heterocycles. The summed E-state index contributed by atoms with van der Waals surface area (Å²) in [4.78, 5) is 0. The lowest BCUT2D eigenvalue weighted by atomic mass is 9.67. The smallest absolute Gasteiger partial charge is 0.139 e. The highest BCUT2D eigenvalue weighted by atomic mass is 16.3. The van der Waals surface area contributed by atoms with Crippen LogP contribution in [0.5, 0.6) is 11.5 Å². The molecule has 6 aromatic carbocycles. The standard InChI is InChI=1S/C37H28N2O2/c38-35-27(9-5-13-33(35)40)23-15-19-25(20-16-23)37(31-11-3-1-7-29(31)30-8-2-4-12-32(30)37)26-21-17-24(18-22-26)28-10-6-14-34(41)36(28)39/h1-22,40-41H,38-39H2. The molecule has 1 aliphatic carbocycles. The maximum Gasteiger partial charge on any atom is 0.139 e. The van der Waals surface area contributed by atoms with E-state index in [1.54, 1.807) is 24.3 Å². The van der Waals surface area contributed by atoms with Gasteiger partial charge >= 0.3 is 0 Å². The molecule has 0 heterocycles. The Balaban J connectivity index is 1.45. The number of aromatic hydroxyl groups is 2. The van der Waals surface area contributed by atoms with Crippen molar-refractivity contribution >= 4 is 11.4 Å². The molecule has 0 amide bonds. The van der Waals surface area contributed by atoms with Gasteiger partial charge in [0.25, 0.3) is 0 Å². The van der Waals surface area contributed by atoms with Crippen LogP contribution < -0.4 is 11.5 Å². The van der Waals surface area contributed by atoms with Crippen molar-refractivity contribution in [2.24, 2.45) is 0 Å². The molecule has 0 spiro atoms. The van der Waals surface area contributed by atoms with E-state index in [0.29, 0.717) is 11.4 Å². The zero-order chi connectivity index (χ0) is 28.1. The van der Waals surface area contributed by atoms with E-state index >= 15 is 0 Å². The largest absolute Gasteiger partial charge is 0.506 e. The van der Waals surface area contributed by atoms with Crippen molar-refractivity contribution in [3.63, 3.8) is 0 Å². The second-order valence-electron chi connectivity index (χ2n) is 10.5. The number of hydrogen-bond acceptors (Lipinski definition) is 4. The molecule has 0 saturated carbocycles. The van der Waals surface area contributed by atoms with Gasteiger partial charge in [-0.05, 0) is 56.6 Å². The summed E-state index contributed by atoms with van der Waals surface area (Å²) >= 11 is 0. The number of benzene rings is 6. The fraction of sp³-hybridized carbons (Fsp3) is 0.0270. The molecule has 6 N–H and O–H groups in total. The van der Waals surface area contributed by atoms with E-state index < -0.39 is 5.41 Å². The van der Waals surface area contributed by atoms with Gasteiger partial charge in [-0.25, -0.2) is 0 Å². The number of fused-ring (bicyclic) bond motifs is 3. The maximum absolute atomic E-state index is 10.2. The predicted molar refractivity (Wildman–Crippen MR) is 167 cm³/mol. The highest BCUT2D eigenvalue weighted by Gasteiger charge is 2.45. The first-order valence-electron chi connectivity index (χ1n) is 13.6. The van der Waals surface area contributed by atoms with Crippen molar-refractivity contribution in [3.05, 3.63) is 156 Å². The lowest BCUT2D eigenvalue weighted by Gasteiger charge is -2.34. The summed E-state index contributed by atoms with van der Waals surface area (Å²) in [7, 11) is 0. The second kappa shape index (κ2) is 9.32. The highest BCUT2D eigenvalue weighted by Crippen LogP contribution is 2.56. The van der Waals surface area contributed by atoms with Crippen LogP contribution in [0.4, 0.5) is 11.4 Å². The third-order valence-corrected chi connectivity index (χ3v) is 8.38. The summed E-state index contributed by atoms with van der Waals surface area (Å²) in [6.07, 6.45) is 0. The van der Waals surface area contributed by atoms with E-state index in [-0.39, 0.29) is 11.5 Å². The van der Waals surface area contributed by atoms with Crippen molar-refractivity contribution < 1.29 is 10.2 Å². The fourth-order valence-corrected chi connectivity index (χ4v) is 6.43. The van der Waals surface area contributed by atoms with Crippen molar-refractivity contribution in [1.82, 2.24) is 0 Å². The average molecular weight is 533 g/mol. The number of hydrogen-bond donors (Lipinski definition) is 4. The Hall–Kier alpha value is -5.48. The van der Waals surface area contributed by atoms with Gasteiger partial charge in [0, 0.05) is 11.1 Å². The molecule has 0 bridgehead atoms. The summed E-state index contributed by atoms with van der Waals surface area (Å²) in [6.45, 7) is 0. The zero-order valence-corrected chi connectivity index (χ0v) is 22.3. The highest BCUT2D eigenvalue weighted by molar-refractivity contribution is 5.88. The minimum atomic E-state index is -0.557.